The number of primary amides is 1. The van der Waals surface area contributed by atoms with E-state index in [-0.39, 0.29) is 5.69 Å². The summed E-state index contributed by atoms with van der Waals surface area (Å²) in [5, 5.41) is 23.5. The second kappa shape index (κ2) is 7.10. The summed E-state index contributed by atoms with van der Waals surface area (Å²) in [4.78, 5) is 14.9. The van der Waals surface area contributed by atoms with Gasteiger partial charge in [-0.15, -0.1) is 0 Å². The fraction of sp³-hybridized carbons (Fsp3) is 0.375. The first-order chi connectivity index (χ1) is 11.6. The van der Waals surface area contributed by atoms with Gasteiger partial charge in [-0.3, -0.25) is 4.79 Å². The zero-order chi connectivity index (χ0) is 17.1. The van der Waals surface area contributed by atoms with Gasteiger partial charge < -0.3 is 30.6 Å². The Balaban J connectivity index is 1.59. The van der Waals surface area contributed by atoms with Gasteiger partial charge in [0.15, 0.2) is 6.23 Å². The predicted octanol–water partition coefficient (Wildman–Crippen LogP) is -0.609. The molecule has 5 N–H and O–H groups in total. The van der Waals surface area contributed by atoms with E-state index >= 15 is 0 Å². The maximum Gasteiger partial charge on any atom is 0.268 e. The van der Waals surface area contributed by atoms with Crippen LogP contribution in [-0.2, 0) is 11.3 Å². The van der Waals surface area contributed by atoms with Crippen molar-refractivity contribution in [2.75, 3.05) is 6.54 Å². The molecule has 2 heterocycles. The second-order valence-corrected chi connectivity index (χ2v) is 5.73. The Labute approximate surface area is 138 Å². The smallest absolute Gasteiger partial charge is 0.268 e. The number of nitrogens with two attached hydrogens (primary N) is 1. The van der Waals surface area contributed by atoms with Crippen molar-refractivity contribution in [3.05, 3.63) is 54.1 Å². The first-order valence-electron chi connectivity index (χ1n) is 7.66. The number of benzene rings is 1. The van der Waals surface area contributed by atoms with Crippen LogP contribution in [0.15, 0.2) is 42.9 Å². The average Bonchev–Trinajstić information content (AvgIpc) is 3.16. The molecule has 3 rings (SSSR count). The summed E-state index contributed by atoms with van der Waals surface area (Å²) in [6.45, 7) is 1.01. The number of hydrogen-bond acceptors (Lipinski definition) is 6. The third kappa shape index (κ3) is 3.46. The fourth-order valence-electron chi connectivity index (χ4n) is 2.70. The number of amides is 1. The third-order valence-corrected chi connectivity index (χ3v) is 4.00. The van der Waals surface area contributed by atoms with E-state index in [0.717, 1.165) is 5.56 Å². The minimum absolute atomic E-state index is 0.0749. The summed E-state index contributed by atoms with van der Waals surface area (Å²) in [5.41, 5.74) is 6.35. The molecule has 1 aliphatic heterocycles. The molecule has 4 atom stereocenters. The summed E-state index contributed by atoms with van der Waals surface area (Å²) in [6, 6.07) is 9.83. The van der Waals surface area contributed by atoms with Crippen molar-refractivity contribution < 1.29 is 19.7 Å². The maximum atomic E-state index is 11.1. The van der Waals surface area contributed by atoms with E-state index < -0.39 is 30.4 Å². The van der Waals surface area contributed by atoms with Gasteiger partial charge in [0.1, 0.15) is 24.0 Å². The van der Waals surface area contributed by atoms with Crippen LogP contribution < -0.4 is 11.1 Å². The Hall–Kier alpha value is -2.26. The van der Waals surface area contributed by atoms with Crippen LogP contribution in [-0.4, -0.2) is 50.5 Å². The van der Waals surface area contributed by atoms with Gasteiger partial charge in [-0.1, -0.05) is 30.3 Å². The van der Waals surface area contributed by atoms with E-state index in [4.69, 9.17) is 10.5 Å². The molecule has 0 bridgehead atoms. The van der Waals surface area contributed by atoms with Crippen LogP contribution in [0.1, 0.15) is 22.3 Å². The Kier molecular flexibility index (Phi) is 4.91. The number of ether oxygens (including phenoxy) is 1. The quantitative estimate of drug-likeness (QED) is 0.560. The second-order valence-electron chi connectivity index (χ2n) is 5.73. The van der Waals surface area contributed by atoms with Crippen molar-refractivity contribution in [2.45, 2.75) is 31.1 Å². The van der Waals surface area contributed by atoms with E-state index in [2.05, 4.69) is 10.3 Å². The highest BCUT2D eigenvalue weighted by Gasteiger charge is 2.43. The maximum absolute atomic E-state index is 11.1. The highest BCUT2D eigenvalue weighted by molar-refractivity contribution is 5.90. The van der Waals surface area contributed by atoms with Crippen LogP contribution in [0.5, 0.6) is 0 Å². The highest BCUT2D eigenvalue weighted by atomic mass is 16.6. The number of carbonyl (C=O) groups is 1. The lowest BCUT2D eigenvalue weighted by molar-refractivity contribution is -0.0364. The molecule has 1 saturated heterocycles. The van der Waals surface area contributed by atoms with E-state index in [1.165, 1.54) is 17.1 Å². The largest absolute Gasteiger partial charge is 0.387 e. The lowest BCUT2D eigenvalue weighted by atomic mass is 10.1. The van der Waals surface area contributed by atoms with Gasteiger partial charge in [-0.25, -0.2) is 4.98 Å². The summed E-state index contributed by atoms with van der Waals surface area (Å²) in [6.07, 6.45) is -0.818. The molecule has 1 fully saturated rings. The lowest BCUT2D eigenvalue weighted by Gasteiger charge is -2.15. The Bertz CT molecular complexity index is 690. The van der Waals surface area contributed by atoms with Gasteiger partial charge >= 0.3 is 0 Å². The molecule has 8 nitrogen and oxygen atoms in total. The molecule has 1 aromatic heterocycles. The minimum Gasteiger partial charge on any atom is -0.387 e. The van der Waals surface area contributed by atoms with Crippen LogP contribution >= 0.6 is 0 Å². The number of hydrogen-bond donors (Lipinski definition) is 4. The Morgan fingerprint density at radius 1 is 1.29 bits per heavy atom. The number of rotatable bonds is 6. The molecule has 0 unspecified atom stereocenters. The van der Waals surface area contributed by atoms with E-state index in [0.29, 0.717) is 13.1 Å². The monoisotopic (exact) mass is 332 g/mol. The molecule has 2 aromatic rings. The summed E-state index contributed by atoms with van der Waals surface area (Å²) in [5.74, 6) is -0.664. The molecule has 0 radical (unpaired) electrons. The van der Waals surface area contributed by atoms with Crippen molar-refractivity contribution in [3.63, 3.8) is 0 Å². The summed E-state index contributed by atoms with van der Waals surface area (Å²) >= 11 is 0. The third-order valence-electron chi connectivity index (χ3n) is 4.00. The van der Waals surface area contributed by atoms with E-state index in [1.807, 2.05) is 30.3 Å². The number of imidazole rings is 1. The molecular weight excluding hydrogens is 312 g/mol. The van der Waals surface area contributed by atoms with Crippen LogP contribution in [0.3, 0.4) is 0 Å². The van der Waals surface area contributed by atoms with Crippen molar-refractivity contribution >= 4 is 5.91 Å². The SMILES string of the molecule is NC(=O)c1cn([C@@H]2O[C@H](CNCc3ccccc3)[C@@H](O)[C@H]2O)cn1. The van der Waals surface area contributed by atoms with Gasteiger partial charge in [0.25, 0.3) is 5.91 Å². The molecule has 1 aromatic carbocycles. The number of nitrogens with zero attached hydrogens (tertiary/aromatic N) is 2. The van der Waals surface area contributed by atoms with Crippen molar-refractivity contribution in [1.29, 1.82) is 0 Å². The molecule has 0 spiro atoms. The molecule has 24 heavy (non-hydrogen) atoms. The van der Waals surface area contributed by atoms with E-state index in [1.54, 1.807) is 0 Å². The summed E-state index contributed by atoms with van der Waals surface area (Å²) < 4.78 is 7.15. The van der Waals surface area contributed by atoms with Crippen molar-refractivity contribution in [1.82, 2.24) is 14.9 Å². The highest BCUT2D eigenvalue weighted by Crippen LogP contribution is 2.29. The zero-order valence-corrected chi connectivity index (χ0v) is 12.9. The van der Waals surface area contributed by atoms with Crippen molar-refractivity contribution in [2.24, 2.45) is 5.73 Å². The van der Waals surface area contributed by atoms with Gasteiger partial charge in [-0.2, -0.15) is 0 Å². The lowest BCUT2D eigenvalue weighted by Crippen LogP contribution is -2.37. The topological polar surface area (TPSA) is 123 Å². The predicted molar refractivity (Wildman–Crippen MR) is 84.8 cm³/mol. The Morgan fingerprint density at radius 2 is 2.04 bits per heavy atom. The molecule has 1 amide bonds. The number of aliphatic hydroxyl groups excluding tert-OH is 2. The first kappa shape index (κ1) is 16.6. The standard InChI is InChI=1S/C16H20N4O4/c17-15(23)11-8-20(9-19-11)16-14(22)13(21)12(24-16)7-18-6-10-4-2-1-3-5-10/h1-5,8-9,12-14,16,18,21-22H,6-7H2,(H2,17,23)/t12-,13-,14-,16-/m1/s1. The fourth-order valence-corrected chi connectivity index (χ4v) is 2.70. The number of nitrogens with one attached hydrogen (secondary N) is 1. The van der Waals surface area contributed by atoms with Gasteiger partial charge in [0, 0.05) is 19.3 Å². The van der Waals surface area contributed by atoms with Gasteiger partial charge in [-0.05, 0) is 5.56 Å². The molecule has 0 saturated carbocycles. The first-order valence-corrected chi connectivity index (χ1v) is 7.66. The minimum atomic E-state index is -1.12. The van der Waals surface area contributed by atoms with Gasteiger partial charge in [0.05, 0.1) is 6.33 Å². The van der Waals surface area contributed by atoms with E-state index in [9.17, 15) is 15.0 Å². The van der Waals surface area contributed by atoms with Crippen LogP contribution in [0, 0.1) is 0 Å². The molecule has 1 aliphatic rings. The molecule has 0 aliphatic carbocycles. The number of aliphatic hydroxyl groups is 2. The number of carbonyl (C=O) groups excluding carboxylic acids is 1. The van der Waals surface area contributed by atoms with Crippen LogP contribution in [0.2, 0.25) is 0 Å². The van der Waals surface area contributed by atoms with Gasteiger partial charge in [0.2, 0.25) is 0 Å². The number of aromatic nitrogens is 2. The normalized spacial score (nSPS) is 26.6. The summed E-state index contributed by atoms with van der Waals surface area (Å²) in [7, 11) is 0. The average molecular weight is 332 g/mol. The zero-order valence-electron chi connectivity index (χ0n) is 12.9. The van der Waals surface area contributed by atoms with Crippen molar-refractivity contribution in [3.8, 4) is 0 Å². The molecule has 128 valence electrons. The van der Waals surface area contributed by atoms with Crippen LogP contribution in [0.25, 0.3) is 0 Å². The van der Waals surface area contributed by atoms with Crippen LogP contribution in [0.4, 0.5) is 0 Å². The molecular formula is C16H20N4O4. The Morgan fingerprint density at radius 3 is 2.71 bits per heavy atom. The molecule has 8 heteroatoms.